The van der Waals surface area contributed by atoms with E-state index < -0.39 is 0 Å². The Morgan fingerprint density at radius 3 is 2.77 bits per heavy atom. The average Bonchev–Trinajstić information content (AvgIpc) is 2.99. The summed E-state index contributed by atoms with van der Waals surface area (Å²) in [6.07, 6.45) is 10.9. The summed E-state index contributed by atoms with van der Waals surface area (Å²) in [5, 5.41) is 0. The molecule has 0 N–H and O–H groups in total. The van der Waals surface area contributed by atoms with Gasteiger partial charge in [0.2, 0.25) is 0 Å². The van der Waals surface area contributed by atoms with Gasteiger partial charge in [0.1, 0.15) is 11.9 Å². The zero-order valence-electron chi connectivity index (χ0n) is 13.6. The molecule has 2 rings (SSSR count). The predicted molar refractivity (Wildman–Crippen MR) is 90.7 cm³/mol. The molecule has 0 aliphatic carbocycles. The summed E-state index contributed by atoms with van der Waals surface area (Å²) in [5.74, 6) is 0.972. The number of methoxy groups -OCH3 is 1. The van der Waals surface area contributed by atoms with E-state index in [1.807, 2.05) is 31.5 Å². The van der Waals surface area contributed by atoms with Gasteiger partial charge in [0.25, 0.3) is 0 Å². The van der Waals surface area contributed by atoms with Crippen molar-refractivity contribution in [2.45, 2.75) is 32.9 Å². The van der Waals surface area contributed by atoms with Gasteiger partial charge in [0.05, 0.1) is 0 Å². The van der Waals surface area contributed by atoms with Crippen LogP contribution in [0.15, 0.2) is 66.5 Å². The first-order chi connectivity index (χ1) is 10.7. The lowest BCUT2D eigenvalue weighted by molar-refractivity contribution is 0.0932. The molecule has 1 unspecified atom stereocenters. The Kier molecular flexibility index (Phi) is 6.16. The number of ether oxygens (including phenoxy) is 1. The molecule has 0 aliphatic rings. The molecule has 1 heterocycles. The minimum absolute atomic E-state index is 0.0353. The second-order valence-corrected chi connectivity index (χ2v) is 5.37. The Morgan fingerprint density at radius 1 is 1.32 bits per heavy atom. The lowest BCUT2D eigenvalue weighted by atomic mass is 10.1. The highest BCUT2D eigenvalue weighted by Crippen LogP contribution is 2.21. The van der Waals surface area contributed by atoms with Crippen LogP contribution in [0.3, 0.4) is 0 Å². The third-order valence-electron chi connectivity index (χ3n) is 3.58. The minimum Gasteiger partial charge on any atom is -0.373 e. The third kappa shape index (κ3) is 4.43. The average molecular weight is 296 g/mol. The first-order valence-electron chi connectivity index (χ1n) is 7.60. The predicted octanol–water partition coefficient (Wildman–Crippen LogP) is 4.34. The van der Waals surface area contributed by atoms with Gasteiger partial charge in [-0.05, 0) is 19.4 Å². The van der Waals surface area contributed by atoms with Gasteiger partial charge in [-0.1, -0.05) is 54.1 Å². The number of imidazole rings is 1. The van der Waals surface area contributed by atoms with Gasteiger partial charge in [-0.2, -0.15) is 0 Å². The molecule has 0 bridgehead atoms. The molecule has 1 atom stereocenters. The molecule has 0 amide bonds. The highest BCUT2D eigenvalue weighted by molar-refractivity contribution is 5.18. The number of aromatic nitrogens is 2. The van der Waals surface area contributed by atoms with Crippen LogP contribution in [0.2, 0.25) is 0 Å². The Morgan fingerprint density at radius 2 is 2.09 bits per heavy atom. The smallest absolute Gasteiger partial charge is 0.138 e. The molecule has 1 aromatic carbocycles. The summed E-state index contributed by atoms with van der Waals surface area (Å²) in [6, 6.07) is 10.4. The van der Waals surface area contributed by atoms with Crippen molar-refractivity contribution in [3.63, 3.8) is 0 Å². The molecule has 0 fully saturated rings. The van der Waals surface area contributed by atoms with Crippen LogP contribution in [0.1, 0.15) is 31.3 Å². The van der Waals surface area contributed by atoms with Gasteiger partial charge in [-0.15, -0.1) is 0 Å². The largest absolute Gasteiger partial charge is 0.373 e. The molecule has 0 saturated carbocycles. The third-order valence-corrected chi connectivity index (χ3v) is 3.58. The van der Waals surface area contributed by atoms with E-state index in [2.05, 4.69) is 52.9 Å². The number of allylic oxidation sites excluding steroid dienone is 4. The van der Waals surface area contributed by atoms with Gasteiger partial charge < -0.3 is 9.30 Å². The number of hydrogen-bond acceptors (Lipinski definition) is 2. The van der Waals surface area contributed by atoms with E-state index in [0.717, 1.165) is 18.8 Å². The molecular weight excluding hydrogens is 272 g/mol. The van der Waals surface area contributed by atoms with Crippen LogP contribution in [0, 0.1) is 0 Å². The van der Waals surface area contributed by atoms with Gasteiger partial charge in [0.15, 0.2) is 0 Å². The lowest BCUT2D eigenvalue weighted by Gasteiger charge is -2.17. The first kappa shape index (κ1) is 16.2. The maximum Gasteiger partial charge on any atom is 0.138 e. The summed E-state index contributed by atoms with van der Waals surface area (Å²) >= 11 is 0. The molecule has 0 spiro atoms. The van der Waals surface area contributed by atoms with Crippen LogP contribution in [0.5, 0.6) is 0 Å². The van der Waals surface area contributed by atoms with E-state index in [4.69, 9.17) is 4.74 Å². The zero-order valence-corrected chi connectivity index (χ0v) is 13.6. The Balaban J connectivity index is 2.15. The number of rotatable bonds is 7. The fraction of sp³-hybridized carbons (Fsp3) is 0.316. The number of benzene rings is 1. The number of nitrogens with zero attached hydrogens (tertiary/aromatic N) is 2. The van der Waals surface area contributed by atoms with E-state index in [1.54, 1.807) is 7.11 Å². The topological polar surface area (TPSA) is 27.1 Å². The summed E-state index contributed by atoms with van der Waals surface area (Å²) in [4.78, 5) is 4.51. The molecule has 22 heavy (non-hydrogen) atoms. The van der Waals surface area contributed by atoms with Gasteiger partial charge >= 0.3 is 0 Å². The van der Waals surface area contributed by atoms with Crippen molar-refractivity contribution in [2.24, 2.45) is 0 Å². The lowest BCUT2D eigenvalue weighted by Crippen LogP contribution is -2.13. The minimum atomic E-state index is -0.0353. The Bertz CT molecular complexity index is 626. The Hall–Kier alpha value is -2.13. The molecular formula is C19H24N2O. The summed E-state index contributed by atoms with van der Waals surface area (Å²) in [6.45, 7) is 4.98. The molecule has 2 aromatic rings. The molecule has 3 nitrogen and oxygen atoms in total. The van der Waals surface area contributed by atoms with E-state index in [0.29, 0.717) is 0 Å². The monoisotopic (exact) mass is 296 g/mol. The highest BCUT2D eigenvalue weighted by atomic mass is 16.5. The van der Waals surface area contributed by atoms with Crippen molar-refractivity contribution >= 4 is 0 Å². The van der Waals surface area contributed by atoms with Gasteiger partial charge in [-0.25, -0.2) is 4.98 Å². The van der Waals surface area contributed by atoms with Gasteiger partial charge in [-0.3, -0.25) is 0 Å². The van der Waals surface area contributed by atoms with E-state index in [-0.39, 0.29) is 6.10 Å². The van der Waals surface area contributed by atoms with Gasteiger partial charge in [0, 0.05) is 32.5 Å². The fourth-order valence-corrected chi connectivity index (χ4v) is 2.43. The van der Waals surface area contributed by atoms with Crippen LogP contribution in [0.25, 0.3) is 0 Å². The van der Waals surface area contributed by atoms with Crippen molar-refractivity contribution in [3.8, 4) is 0 Å². The van der Waals surface area contributed by atoms with Crippen molar-refractivity contribution in [3.05, 3.63) is 77.9 Å². The van der Waals surface area contributed by atoms with E-state index >= 15 is 0 Å². The van der Waals surface area contributed by atoms with Crippen LogP contribution < -0.4 is 0 Å². The van der Waals surface area contributed by atoms with E-state index in [9.17, 15) is 0 Å². The second-order valence-electron chi connectivity index (χ2n) is 5.37. The summed E-state index contributed by atoms with van der Waals surface area (Å²) in [7, 11) is 1.75. The van der Waals surface area contributed by atoms with Crippen LogP contribution in [0.4, 0.5) is 0 Å². The van der Waals surface area contributed by atoms with Crippen LogP contribution in [-0.2, 0) is 17.7 Å². The fourth-order valence-electron chi connectivity index (χ4n) is 2.43. The van der Waals surface area contributed by atoms with Crippen molar-refractivity contribution in [2.75, 3.05) is 7.11 Å². The maximum atomic E-state index is 5.69. The second kappa shape index (κ2) is 8.35. The molecule has 1 aromatic heterocycles. The Labute approximate surface area is 133 Å². The number of hydrogen-bond donors (Lipinski definition) is 0. The summed E-state index contributed by atoms with van der Waals surface area (Å²) in [5.41, 5.74) is 2.54. The highest BCUT2D eigenvalue weighted by Gasteiger charge is 2.17. The molecule has 0 radical (unpaired) electrons. The van der Waals surface area contributed by atoms with Crippen molar-refractivity contribution in [1.29, 1.82) is 0 Å². The van der Waals surface area contributed by atoms with Crippen molar-refractivity contribution < 1.29 is 4.74 Å². The van der Waals surface area contributed by atoms with E-state index in [1.165, 1.54) is 11.1 Å². The molecule has 0 aliphatic heterocycles. The standard InChI is InChI=1S/C19H24N2O/c1-4-5-9-16(2)15-21-13-12-20-19(21)18(22-3)14-17-10-7-6-8-11-17/h4-13,18H,14-15H2,1-3H3/b5-4-,16-9+. The zero-order chi connectivity index (χ0) is 15.8. The van der Waals surface area contributed by atoms with Crippen molar-refractivity contribution in [1.82, 2.24) is 9.55 Å². The SMILES string of the molecule is C/C=C\C=C(/C)Cn1ccnc1C(Cc1ccccc1)OC. The maximum absolute atomic E-state index is 5.69. The molecule has 3 heteroatoms. The molecule has 0 saturated heterocycles. The summed E-state index contributed by atoms with van der Waals surface area (Å²) < 4.78 is 7.84. The first-order valence-corrected chi connectivity index (χ1v) is 7.60. The van der Waals surface area contributed by atoms with Crippen LogP contribution in [-0.4, -0.2) is 16.7 Å². The van der Waals surface area contributed by atoms with Crippen LogP contribution >= 0.6 is 0 Å². The quantitative estimate of drug-likeness (QED) is 0.711. The normalized spacial score (nSPS) is 13.7. The molecule has 116 valence electrons.